The fourth-order valence-corrected chi connectivity index (χ4v) is 6.24. The maximum absolute atomic E-state index is 14.5. The lowest BCUT2D eigenvalue weighted by Crippen LogP contribution is -2.71. The Kier molecular flexibility index (Phi) is 6.00. The molecule has 3 aliphatic rings. The highest BCUT2D eigenvalue weighted by atomic mass is 16.5. The number of ketones is 1. The zero-order valence-corrected chi connectivity index (χ0v) is 20.8. The van der Waals surface area contributed by atoms with Gasteiger partial charge in [-0.15, -0.1) is 0 Å². The SMILES string of the molecule is CCOC(=O)C1=C(C)N(Cc2ccccc2)C2(O)C(OC)CC(=O)C3C(=O)N(c4ccccc4)C(=O)C132. The summed E-state index contributed by atoms with van der Waals surface area (Å²) in [6, 6.07) is 17.4. The van der Waals surface area contributed by atoms with Crippen LogP contribution >= 0.6 is 0 Å². The highest BCUT2D eigenvalue weighted by Gasteiger charge is 2.83. The summed E-state index contributed by atoms with van der Waals surface area (Å²) in [4.78, 5) is 57.9. The number of aliphatic hydroxyl groups is 1. The molecule has 1 spiro atoms. The van der Waals surface area contributed by atoms with Gasteiger partial charge in [-0.2, -0.15) is 0 Å². The first-order chi connectivity index (χ1) is 17.7. The molecule has 2 aromatic rings. The number of esters is 1. The first-order valence-corrected chi connectivity index (χ1v) is 12.2. The van der Waals surface area contributed by atoms with E-state index in [1.165, 1.54) is 12.0 Å². The van der Waals surface area contributed by atoms with Crippen molar-refractivity contribution in [2.24, 2.45) is 11.3 Å². The summed E-state index contributed by atoms with van der Waals surface area (Å²) in [5.41, 5.74) is -3.38. The average molecular weight is 505 g/mol. The van der Waals surface area contributed by atoms with E-state index in [0.29, 0.717) is 0 Å². The van der Waals surface area contributed by atoms with Crippen LogP contribution in [0.3, 0.4) is 0 Å². The zero-order valence-electron chi connectivity index (χ0n) is 20.8. The lowest BCUT2D eigenvalue weighted by molar-refractivity contribution is -0.239. The van der Waals surface area contributed by atoms with Crippen LogP contribution in [0.15, 0.2) is 71.9 Å². The molecule has 192 valence electrons. The van der Waals surface area contributed by atoms with Crippen LogP contribution in [0.1, 0.15) is 25.8 Å². The number of Topliss-reactive ketones (excluding diaryl/α,β-unsaturated/α-hetero) is 1. The number of amides is 2. The molecule has 1 saturated carbocycles. The lowest BCUT2D eigenvalue weighted by Gasteiger charge is -2.52. The number of hydrogen-bond donors (Lipinski definition) is 1. The molecule has 2 aliphatic heterocycles. The van der Waals surface area contributed by atoms with Gasteiger partial charge in [0, 0.05) is 25.8 Å². The van der Waals surface area contributed by atoms with Crippen LogP contribution in [0.5, 0.6) is 0 Å². The van der Waals surface area contributed by atoms with Gasteiger partial charge < -0.3 is 19.5 Å². The number of ether oxygens (including phenoxy) is 2. The minimum Gasteiger partial charge on any atom is -0.463 e. The third kappa shape index (κ3) is 3.17. The summed E-state index contributed by atoms with van der Waals surface area (Å²) in [5, 5.41) is 12.7. The van der Waals surface area contributed by atoms with Crippen molar-refractivity contribution in [1.29, 1.82) is 0 Å². The number of hydrogen-bond acceptors (Lipinski definition) is 8. The van der Waals surface area contributed by atoms with Gasteiger partial charge in [0.15, 0.2) is 11.1 Å². The van der Waals surface area contributed by atoms with Gasteiger partial charge in [0.25, 0.3) is 5.91 Å². The Balaban J connectivity index is 1.81. The number of imide groups is 1. The molecule has 37 heavy (non-hydrogen) atoms. The van der Waals surface area contributed by atoms with E-state index in [9.17, 15) is 24.3 Å². The fraction of sp³-hybridized carbons (Fsp3) is 0.357. The van der Waals surface area contributed by atoms with E-state index in [2.05, 4.69) is 0 Å². The summed E-state index contributed by atoms with van der Waals surface area (Å²) >= 11 is 0. The zero-order chi connectivity index (χ0) is 26.5. The number of allylic oxidation sites excluding steroid dienone is 1. The maximum Gasteiger partial charge on any atom is 0.337 e. The van der Waals surface area contributed by atoms with E-state index in [1.54, 1.807) is 44.2 Å². The fourth-order valence-electron chi connectivity index (χ4n) is 6.24. The Hall–Kier alpha value is -3.82. The molecular formula is C28H28N2O7. The molecule has 2 aromatic carbocycles. The first-order valence-electron chi connectivity index (χ1n) is 12.2. The van der Waals surface area contributed by atoms with Crippen molar-refractivity contribution in [3.63, 3.8) is 0 Å². The summed E-state index contributed by atoms with van der Waals surface area (Å²) in [6.07, 6.45) is -1.51. The van der Waals surface area contributed by atoms with Gasteiger partial charge in [0.1, 0.15) is 17.8 Å². The molecule has 0 aromatic heterocycles. The number of nitrogens with zero attached hydrogens (tertiary/aromatic N) is 2. The Morgan fingerprint density at radius 2 is 1.68 bits per heavy atom. The van der Waals surface area contributed by atoms with Crippen LogP contribution in [0.4, 0.5) is 5.69 Å². The minimum atomic E-state index is -2.25. The van der Waals surface area contributed by atoms with Gasteiger partial charge >= 0.3 is 5.97 Å². The first kappa shape index (κ1) is 24.9. The van der Waals surface area contributed by atoms with Crippen LogP contribution in [0.25, 0.3) is 0 Å². The van der Waals surface area contributed by atoms with Crippen molar-refractivity contribution < 1.29 is 33.8 Å². The summed E-state index contributed by atoms with van der Waals surface area (Å²) in [7, 11) is 1.33. The average Bonchev–Trinajstić information content (AvgIpc) is 3.25. The molecule has 2 fully saturated rings. The van der Waals surface area contributed by atoms with E-state index in [-0.39, 0.29) is 36.5 Å². The molecule has 4 unspecified atom stereocenters. The molecule has 1 aliphatic carbocycles. The van der Waals surface area contributed by atoms with Crippen LogP contribution in [-0.4, -0.2) is 59.1 Å². The van der Waals surface area contributed by atoms with Crippen molar-refractivity contribution >= 4 is 29.3 Å². The molecule has 4 atom stereocenters. The van der Waals surface area contributed by atoms with Crippen molar-refractivity contribution in [3.05, 3.63) is 77.5 Å². The summed E-state index contributed by atoms with van der Waals surface area (Å²) in [5.74, 6) is -4.70. The quantitative estimate of drug-likeness (QED) is 0.362. The number of rotatable bonds is 6. The van der Waals surface area contributed by atoms with Crippen LogP contribution in [0, 0.1) is 11.3 Å². The van der Waals surface area contributed by atoms with Gasteiger partial charge in [-0.3, -0.25) is 14.4 Å². The third-order valence-electron chi connectivity index (χ3n) is 7.71. The molecule has 9 nitrogen and oxygen atoms in total. The van der Waals surface area contributed by atoms with Crippen molar-refractivity contribution in [2.45, 2.75) is 38.6 Å². The van der Waals surface area contributed by atoms with Gasteiger partial charge in [-0.1, -0.05) is 48.5 Å². The molecule has 2 amide bonds. The second-order valence-electron chi connectivity index (χ2n) is 9.43. The standard InChI is InChI=1S/C28H28N2O7/c1-4-37-25(33)22-17(2)29(16-18-11-7-5-8-12-18)28(35)21(36-3)15-20(31)23-24(32)30(26(34)27(22,23)28)19-13-9-6-10-14-19/h5-14,21,23,35H,4,15-16H2,1-3H3. The topological polar surface area (TPSA) is 113 Å². The van der Waals surface area contributed by atoms with Crippen LogP contribution in [0.2, 0.25) is 0 Å². The third-order valence-corrected chi connectivity index (χ3v) is 7.71. The predicted octanol–water partition coefficient (Wildman–Crippen LogP) is 2.19. The summed E-state index contributed by atoms with van der Waals surface area (Å²) < 4.78 is 11.0. The molecule has 1 saturated heterocycles. The molecule has 9 heteroatoms. The van der Waals surface area contributed by atoms with Crippen molar-refractivity contribution in [2.75, 3.05) is 18.6 Å². The molecule has 2 heterocycles. The number of carbonyl (C=O) groups excluding carboxylic acids is 4. The molecule has 5 rings (SSSR count). The van der Waals surface area contributed by atoms with Gasteiger partial charge in [-0.05, 0) is 31.5 Å². The smallest absolute Gasteiger partial charge is 0.337 e. The Morgan fingerprint density at radius 3 is 2.27 bits per heavy atom. The molecule has 0 bridgehead atoms. The van der Waals surface area contributed by atoms with E-state index in [0.717, 1.165) is 10.5 Å². The lowest BCUT2D eigenvalue weighted by atomic mass is 9.58. The molecule has 0 radical (unpaired) electrons. The van der Waals surface area contributed by atoms with E-state index in [4.69, 9.17) is 9.47 Å². The van der Waals surface area contributed by atoms with Gasteiger partial charge in [0.05, 0.1) is 17.9 Å². The van der Waals surface area contributed by atoms with Crippen molar-refractivity contribution in [1.82, 2.24) is 4.90 Å². The van der Waals surface area contributed by atoms with Gasteiger partial charge in [0.2, 0.25) is 5.91 Å². The van der Waals surface area contributed by atoms with Gasteiger partial charge in [-0.25, -0.2) is 9.69 Å². The van der Waals surface area contributed by atoms with E-state index < -0.39 is 46.7 Å². The number of carbonyl (C=O) groups is 4. The van der Waals surface area contributed by atoms with E-state index in [1.807, 2.05) is 30.3 Å². The maximum atomic E-state index is 14.5. The summed E-state index contributed by atoms with van der Waals surface area (Å²) in [6.45, 7) is 3.31. The number of methoxy groups -OCH3 is 1. The minimum absolute atomic E-state index is 0.000334. The monoisotopic (exact) mass is 504 g/mol. The Bertz CT molecular complexity index is 1310. The second kappa shape index (κ2) is 8.93. The number of para-hydroxylation sites is 1. The van der Waals surface area contributed by atoms with Crippen LogP contribution in [-0.2, 0) is 35.2 Å². The highest BCUT2D eigenvalue weighted by molar-refractivity contribution is 6.33. The molecular weight excluding hydrogens is 476 g/mol. The largest absolute Gasteiger partial charge is 0.463 e. The number of anilines is 1. The van der Waals surface area contributed by atoms with Crippen LogP contribution < -0.4 is 4.90 Å². The Labute approximate surface area is 214 Å². The highest BCUT2D eigenvalue weighted by Crippen LogP contribution is 2.64. The normalized spacial score (nSPS) is 29.0. The van der Waals surface area contributed by atoms with Crippen molar-refractivity contribution in [3.8, 4) is 0 Å². The Morgan fingerprint density at radius 1 is 1.05 bits per heavy atom. The molecule has 1 N–H and O–H groups in total. The van der Waals surface area contributed by atoms with E-state index >= 15 is 0 Å². The number of benzene rings is 2. The predicted molar refractivity (Wildman–Crippen MR) is 132 cm³/mol. The second-order valence-corrected chi connectivity index (χ2v) is 9.43.